The molecule has 0 amide bonds. The summed E-state index contributed by atoms with van der Waals surface area (Å²) in [6.45, 7) is 0.235. The lowest BCUT2D eigenvalue weighted by molar-refractivity contribution is 0.0697. The minimum Gasteiger partial charge on any atom is -0.488 e. The van der Waals surface area contributed by atoms with Gasteiger partial charge in [0.15, 0.2) is 0 Å². The Balaban J connectivity index is 2.13. The lowest BCUT2D eigenvalue weighted by atomic mass is 10.1. The molecule has 2 aromatic rings. The van der Waals surface area contributed by atoms with Crippen molar-refractivity contribution in [1.29, 1.82) is 0 Å². The standard InChI is InChI=1S/C14H9BrCl2O3/c15-11-6-10(16)3-4-13(11)20-7-9-2-1-8(14(18)19)5-12(9)17/h1-6H,7H2,(H,18,19). The second-order valence-corrected chi connectivity index (χ2v) is 5.67. The Morgan fingerprint density at radius 3 is 2.55 bits per heavy atom. The van der Waals surface area contributed by atoms with Crippen LogP contribution in [0.2, 0.25) is 10.0 Å². The fraction of sp³-hybridized carbons (Fsp3) is 0.0714. The van der Waals surface area contributed by atoms with E-state index < -0.39 is 5.97 Å². The monoisotopic (exact) mass is 374 g/mol. The molecule has 0 aromatic heterocycles. The van der Waals surface area contributed by atoms with E-state index in [1.807, 2.05) is 0 Å². The molecule has 0 fully saturated rings. The first kappa shape index (κ1) is 15.2. The lowest BCUT2D eigenvalue weighted by Crippen LogP contribution is -2.00. The number of ether oxygens (including phenoxy) is 1. The van der Waals surface area contributed by atoms with Gasteiger partial charge in [0.05, 0.1) is 10.0 Å². The maximum atomic E-state index is 10.8. The van der Waals surface area contributed by atoms with E-state index in [0.717, 1.165) is 4.47 Å². The number of carbonyl (C=O) groups is 1. The fourth-order valence-corrected chi connectivity index (χ4v) is 2.58. The maximum absolute atomic E-state index is 10.8. The minimum atomic E-state index is -1.01. The van der Waals surface area contributed by atoms with E-state index in [9.17, 15) is 4.79 Å². The summed E-state index contributed by atoms with van der Waals surface area (Å²) in [5.74, 6) is -0.382. The number of carboxylic acid groups (broad SMARTS) is 1. The van der Waals surface area contributed by atoms with Crippen LogP contribution in [0.3, 0.4) is 0 Å². The Morgan fingerprint density at radius 1 is 1.20 bits per heavy atom. The molecule has 0 aliphatic heterocycles. The van der Waals surface area contributed by atoms with Gasteiger partial charge in [-0.05, 0) is 46.3 Å². The number of halogens is 3. The van der Waals surface area contributed by atoms with Crippen molar-refractivity contribution >= 4 is 45.1 Å². The summed E-state index contributed by atoms with van der Waals surface area (Å²) in [6, 6.07) is 9.72. The van der Waals surface area contributed by atoms with E-state index in [4.69, 9.17) is 33.0 Å². The average molecular weight is 376 g/mol. The highest BCUT2D eigenvalue weighted by Crippen LogP contribution is 2.29. The van der Waals surface area contributed by atoms with E-state index in [1.54, 1.807) is 24.3 Å². The molecule has 0 saturated heterocycles. The maximum Gasteiger partial charge on any atom is 0.335 e. The van der Waals surface area contributed by atoms with E-state index in [0.29, 0.717) is 21.4 Å². The topological polar surface area (TPSA) is 46.5 Å². The van der Waals surface area contributed by atoms with Crippen LogP contribution >= 0.6 is 39.1 Å². The molecule has 0 bridgehead atoms. The molecule has 0 heterocycles. The van der Waals surface area contributed by atoms with Crippen LogP contribution in [0.25, 0.3) is 0 Å². The summed E-state index contributed by atoms with van der Waals surface area (Å²) in [4.78, 5) is 10.8. The van der Waals surface area contributed by atoms with Gasteiger partial charge in [-0.1, -0.05) is 29.3 Å². The number of hydrogen-bond acceptors (Lipinski definition) is 2. The van der Waals surface area contributed by atoms with Crippen molar-refractivity contribution in [2.75, 3.05) is 0 Å². The van der Waals surface area contributed by atoms with Crippen molar-refractivity contribution in [3.8, 4) is 5.75 Å². The Labute approximate surface area is 134 Å². The molecular formula is C14H9BrCl2O3. The van der Waals surface area contributed by atoms with E-state index in [2.05, 4.69) is 15.9 Å². The van der Waals surface area contributed by atoms with Gasteiger partial charge < -0.3 is 9.84 Å². The molecule has 0 atom stereocenters. The van der Waals surface area contributed by atoms with E-state index in [1.165, 1.54) is 12.1 Å². The molecule has 2 rings (SSSR count). The van der Waals surface area contributed by atoms with Gasteiger partial charge in [-0.25, -0.2) is 4.79 Å². The van der Waals surface area contributed by atoms with Gasteiger partial charge >= 0.3 is 5.97 Å². The minimum absolute atomic E-state index is 0.145. The van der Waals surface area contributed by atoms with Crippen LogP contribution in [0.4, 0.5) is 0 Å². The molecular weight excluding hydrogens is 367 g/mol. The van der Waals surface area contributed by atoms with E-state index in [-0.39, 0.29) is 12.2 Å². The van der Waals surface area contributed by atoms with Gasteiger partial charge in [-0.3, -0.25) is 0 Å². The Hall–Kier alpha value is -1.23. The third-order valence-electron chi connectivity index (χ3n) is 2.58. The first-order valence-electron chi connectivity index (χ1n) is 5.57. The van der Waals surface area contributed by atoms with Crippen molar-refractivity contribution < 1.29 is 14.6 Å². The summed E-state index contributed by atoms with van der Waals surface area (Å²) in [5.41, 5.74) is 0.852. The number of aromatic carboxylic acids is 1. The second-order valence-electron chi connectivity index (χ2n) is 3.97. The molecule has 20 heavy (non-hydrogen) atoms. The SMILES string of the molecule is O=C(O)c1ccc(COc2ccc(Cl)cc2Br)c(Cl)c1. The molecule has 0 aliphatic rings. The van der Waals surface area contributed by atoms with Gasteiger partial charge in [0.25, 0.3) is 0 Å². The summed E-state index contributed by atoms with van der Waals surface area (Å²) < 4.78 is 6.36. The molecule has 0 unspecified atom stereocenters. The highest BCUT2D eigenvalue weighted by Gasteiger charge is 2.08. The zero-order valence-corrected chi connectivity index (χ0v) is 13.2. The van der Waals surface area contributed by atoms with Crippen LogP contribution < -0.4 is 4.74 Å². The van der Waals surface area contributed by atoms with Crippen LogP contribution in [-0.4, -0.2) is 11.1 Å². The average Bonchev–Trinajstić information content (AvgIpc) is 2.38. The zero-order valence-electron chi connectivity index (χ0n) is 10.1. The van der Waals surface area contributed by atoms with Crippen molar-refractivity contribution in [3.63, 3.8) is 0 Å². The quantitative estimate of drug-likeness (QED) is 0.814. The highest BCUT2D eigenvalue weighted by molar-refractivity contribution is 9.10. The normalized spacial score (nSPS) is 10.3. The van der Waals surface area contributed by atoms with E-state index >= 15 is 0 Å². The van der Waals surface area contributed by atoms with Crippen molar-refractivity contribution in [2.24, 2.45) is 0 Å². The molecule has 0 spiro atoms. The summed E-state index contributed by atoms with van der Waals surface area (Å²) in [6.07, 6.45) is 0. The van der Waals surface area contributed by atoms with Crippen molar-refractivity contribution in [1.82, 2.24) is 0 Å². The molecule has 104 valence electrons. The second kappa shape index (κ2) is 6.48. The summed E-state index contributed by atoms with van der Waals surface area (Å²) in [7, 11) is 0. The molecule has 2 aromatic carbocycles. The third kappa shape index (κ3) is 3.66. The van der Waals surface area contributed by atoms with Crippen LogP contribution in [0.1, 0.15) is 15.9 Å². The Bertz CT molecular complexity index is 659. The highest BCUT2D eigenvalue weighted by atomic mass is 79.9. The predicted molar refractivity (Wildman–Crippen MR) is 81.9 cm³/mol. The lowest BCUT2D eigenvalue weighted by Gasteiger charge is -2.10. The summed E-state index contributed by atoms with van der Waals surface area (Å²) >= 11 is 15.2. The van der Waals surface area contributed by atoms with Gasteiger partial charge in [0.1, 0.15) is 12.4 Å². The molecule has 0 radical (unpaired) electrons. The van der Waals surface area contributed by atoms with Gasteiger partial charge in [-0.2, -0.15) is 0 Å². The first-order valence-corrected chi connectivity index (χ1v) is 7.12. The fourth-order valence-electron chi connectivity index (χ4n) is 1.55. The van der Waals surface area contributed by atoms with Crippen LogP contribution in [0, 0.1) is 0 Å². The first-order chi connectivity index (χ1) is 9.47. The number of hydrogen-bond donors (Lipinski definition) is 1. The van der Waals surface area contributed by atoms with Crippen molar-refractivity contribution in [2.45, 2.75) is 6.61 Å². The molecule has 3 nitrogen and oxygen atoms in total. The Morgan fingerprint density at radius 2 is 1.95 bits per heavy atom. The van der Waals surface area contributed by atoms with Crippen LogP contribution in [0.5, 0.6) is 5.75 Å². The smallest absolute Gasteiger partial charge is 0.335 e. The number of benzene rings is 2. The largest absolute Gasteiger partial charge is 0.488 e. The molecule has 1 N–H and O–H groups in total. The summed E-state index contributed by atoms with van der Waals surface area (Å²) in [5, 5.41) is 9.82. The predicted octanol–water partition coefficient (Wildman–Crippen LogP) is 5.03. The molecule has 6 heteroatoms. The van der Waals surface area contributed by atoms with Crippen molar-refractivity contribution in [3.05, 3.63) is 62.0 Å². The Kier molecular flexibility index (Phi) is 4.91. The molecule has 0 aliphatic carbocycles. The third-order valence-corrected chi connectivity index (χ3v) is 3.78. The zero-order chi connectivity index (χ0) is 14.7. The van der Waals surface area contributed by atoms with Crippen LogP contribution in [-0.2, 0) is 6.61 Å². The van der Waals surface area contributed by atoms with Gasteiger partial charge in [0.2, 0.25) is 0 Å². The molecule has 0 saturated carbocycles. The van der Waals surface area contributed by atoms with Crippen LogP contribution in [0.15, 0.2) is 40.9 Å². The van der Waals surface area contributed by atoms with Gasteiger partial charge in [0, 0.05) is 15.6 Å². The number of rotatable bonds is 4. The van der Waals surface area contributed by atoms with Gasteiger partial charge in [-0.15, -0.1) is 0 Å². The number of carboxylic acids is 1.